The Morgan fingerprint density at radius 3 is 2.61 bits per heavy atom. The van der Waals surface area contributed by atoms with Crippen LogP contribution in [0.1, 0.15) is 16.1 Å². The lowest BCUT2D eigenvalue weighted by Gasteiger charge is -2.06. The summed E-state index contributed by atoms with van der Waals surface area (Å²) in [5.74, 6) is 0.455. The number of carbonyl (C=O) groups is 1. The minimum atomic E-state index is -0.948. The van der Waals surface area contributed by atoms with Gasteiger partial charge in [-0.05, 0) is 32.3 Å². The molecule has 94 valence electrons. The fourth-order valence-electron chi connectivity index (χ4n) is 1.80. The highest BCUT2D eigenvalue weighted by Crippen LogP contribution is 2.26. The Morgan fingerprint density at radius 1 is 1.22 bits per heavy atom. The van der Waals surface area contributed by atoms with Crippen LogP contribution in [0.25, 0.3) is 11.3 Å². The van der Waals surface area contributed by atoms with Crippen molar-refractivity contribution in [3.05, 3.63) is 47.7 Å². The second-order valence-corrected chi connectivity index (χ2v) is 4.35. The van der Waals surface area contributed by atoms with Crippen LogP contribution in [-0.2, 0) is 6.54 Å². The van der Waals surface area contributed by atoms with Crippen LogP contribution in [0.3, 0.4) is 0 Å². The molecule has 1 aromatic carbocycles. The van der Waals surface area contributed by atoms with Gasteiger partial charge in [-0.15, -0.1) is 0 Å². The van der Waals surface area contributed by atoms with Crippen LogP contribution >= 0.6 is 0 Å². The van der Waals surface area contributed by atoms with Gasteiger partial charge in [-0.1, -0.05) is 18.2 Å². The van der Waals surface area contributed by atoms with Gasteiger partial charge < -0.3 is 14.4 Å². The van der Waals surface area contributed by atoms with E-state index in [0.29, 0.717) is 17.9 Å². The Bertz CT molecular complexity index is 558. The average molecular weight is 245 g/mol. The van der Waals surface area contributed by atoms with Crippen LogP contribution in [-0.4, -0.2) is 30.1 Å². The van der Waals surface area contributed by atoms with Crippen LogP contribution in [0.5, 0.6) is 0 Å². The average Bonchev–Trinajstić information content (AvgIpc) is 2.76. The highest BCUT2D eigenvalue weighted by molar-refractivity contribution is 5.95. The summed E-state index contributed by atoms with van der Waals surface area (Å²) in [4.78, 5) is 13.1. The molecule has 2 rings (SSSR count). The van der Waals surface area contributed by atoms with E-state index in [-0.39, 0.29) is 5.56 Å². The Labute approximate surface area is 105 Å². The van der Waals surface area contributed by atoms with Gasteiger partial charge in [-0.3, -0.25) is 0 Å². The van der Waals surface area contributed by atoms with Crippen molar-refractivity contribution in [2.45, 2.75) is 6.54 Å². The Kier molecular flexibility index (Phi) is 3.48. The lowest BCUT2D eigenvalue weighted by Crippen LogP contribution is -2.09. The quantitative estimate of drug-likeness (QED) is 0.899. The summed E-state index contributed by atoms with van der Waals surface area (Å²) < 4.78 is 5.67. The van der Waals surface area contributed by atoms with Gasteiger partial charge in [-0.25, -0.2) is 4.79 Å². The Morgan fingerprint density at radius 2 is 1.94 bits per heavy atom. The molecule has 1 heterocycles. The number of carboxylic acid groups (broad SMARTS) is 1. The van der Waals surface area contributed by atoms with Gasteiger partial charge in [0.05, 0.1) is 12.1 Å². The molecule has 0 aliphatic rings. The summed E-state index contributed by atoms with van der Waals surface area (Å²) in [5.41, 5.74) is 0.859. The van der Waals surface area contributed by atoms with Gasteiger partial charge in [0.15, 0.2) is 0 Å². The summed E-state index contributed by atoms with van der Waals surface area (Å²) in [7, 11) is 3.90. The molecule has 0 saturated carbocycles. The van der Waals surface area contributed by atoms with Crippen molar-refractivity contribution in [1.29, 1.82) is 0 Å². The topological polar surface area (TPSA) is 53.7 Å². The molecule has 0 saturated heterocycles. The van der Waals surface area contributed by atoms with E-state index in [1.54, 1.807) is 30.3 Å². The first-order chi connectivity index (χ1) is 8.58. The maximum Gasteiger partial charge on any atom is 0.336 e. The number of rotatable bonds is 4. The smallest absolute Gasteiger partial charge is 0.336 e. The van der Waals surface area contributed by atoms with Gasteiger partial charge in [0.2, 0.25) is 0 Å². The molecule has 1 N–H and O–H groups in total. The van der Waals surface area contributed by atoms with Crippen LogP contribution < -0.4 is 0 Å². The van der Waals surface area contributed by atoms with Gasteiger partial charge in [0.25, 0.3) is 0 Å². The van der Waals surface area contributed by atoms with E-state index >= 15 is 0 Å². The van der Waals surface area contributed by atoms with Gasteiger partial charge >= 0.3 is 5.97 Å². The maximum atomic E-state index is 11.1. The number of benzene rings is 1. The highest BCUT2D eigenvalue weighted by atomic mass is 16.4. The molecule has 0 aliphatic carbocycles. The fourth-order valence-corrected chi connectivity index (χ4v) is 1.80. The molecule has 1 aromatic heterocycles. The molecule has 0 radical (unpaired) electrons. The molecule has 4 heteroatoms. The fraction of sp³-hybridized carbons (Fsp3) is 0.214. The first kappa shape index (κ1) is 12.4. The normalized spacial score (nSPS) is 10.8. The van der Waals surface area contributed by atoms with Crippen LogP contribution in [0, 0.1) is 0 Å². The van der Waals surface area contributed by atoms with E-state index < -0.39 is 5.97 Å². The van der Waals surface area contributed by atoms with Crippen molar-refractivity contribution in [1.82, 2.24) is 4.90 Å². The Hall–Kier alpha value is -2.07. The molecule has 0 spiro atoms. The third-order valence-electron chi connectivity index (χ3n) is 2.56. The zero-order valence-corrected chi connectivity index (χ0v) is 10.4. The van der Waals surface area contributed by atoms with E-state index in [4.69, 9.17) is 9.52 Å². The van der Waals surface area contributed by atoms with Crippen molar-refractivity contribution in [2.24, 2.45) is 0 Å². The van der Waals surface area contributed by atoms with E-state index in [2.05, 4.69) is 0 Å². The molecule has 4 nitrogen and oxygen atoms in total. The lowest BCUT2D eigenvalue weighted by molar-refractivity contribution is 0.0697. The number of aromatic carboxylic acids is 1. The SMILES string of the molecule is CN(C)Cc1ccc(-c2ccccc2C(=O)O)o1. The standard InChI is InChI=1S/C14H15NO3/c1-15(2)9-10-7-8-13(18-10)11-5-3-4-6-12(11)14(16)17/h3-8H,9H2,1-2H3,(H,16,17). The lowest BCUT2D eigenvalue weighted by atomic mass is 10.1. The molecule has 0 amide bonds. The summed E-state index contributed by atoms with van der Waals surface area (Å²) in [6.45, 7) is 0.690. The minimum absolute atomic E-state index is 0.253. The van der Waals surface area contributed by atoms with Crippen molar-refractivity contribution in [3.8, 4) is 11.3 Å². The van der Waals surface area contributed by atoms with Gasteiger partial charge in [0.1, 0.15) is 11.5 Å². The second-order valence-electron chi connectivity index (χ2n) is 4.35. The van der Waals surface area contributed by atoms with Crippen molar-refractivity contribution < 1.29 is 14.3 Å². The largest absolute Gasteiger partial charge is 0.478 e. The molecular formula is C14H15NO3. The number of nitrogens with zero attached hydrogens (tertiary/aromatic N) is 1. The highest BCUT2D eigenvalue weighted by Gasteiger charge is 2.13. The summed E-state index contributed by atoms with van der Waals surface area (Å²) >= 11 is 0. The zero-order valence-electron chi connectivity index (χ0n) is 10.4. The number of furan rings is 1. The molecule has 0 aliphatic heterocycles. The predicted molar refractivity (Wildman–Crippen MR) is 68.5 cm³/mol. The minimum Gasteiger partial charge on any atom is -0.478 e. The number of carboxylic acids is 1. The van der Waals surface area contributed by atoms with E-state index in [1.807, 2.05) is 25.1 Å². The van der Waals surface area contributed by atoms with E-state index in [9.17, 15) is 4.79 Å². The van der Waals surface area contributed by atoms with Crippen molar-refractivity contribution in [2.75, 3.05) is 14.1 Å². The molecule has 2 aromatic rings. The first-order valence-corrected chi connectivity index (χ1v) is 5.64. The number of hydrogen-bond acceptors (Lipinski definition) is 3. The third-order valence-corrected chi connectivity index (χ3v) is 2.56. The van der Waals surface area contributed by atoms with E-state index in [1.165, 1.54) is 0 Å². The monoisotopic (exact) mass is 245 g/mol. The molecular weight excluding hydrogens is 230 g/mol. The molecule has 0 bridgehead atoms. The van der Waals surface area contributed by atoms with Crippen molar-refractivity contribution in [3.63, 3.8) is 0 Å². The molecule has 18 heavy (non-hydrogen) atoms. The summed E-state index contributed by atoms with van der Waals surface area (Å²) in [6.07, 6.45) is 0. The molecule has 0 fully saturated rings. The summed E-state index contributed by atoms with van der Waals surface area (Å²) in [6, 6.07) is 10.5. The Balaban J connectivity index is 2.37. The maximum absolute atomic E-state index is 11.1. The molecule has 0 unspecified atom stereocenters. The van der Waals surface area contributed by atoms with Crippen LogP contribution in [0.15, 0.2) is 40.8 Å². The third kappa shape index (κ3) is 2.60. The summed E-state index contributed by atoms with van der Waals surface area (Å²) in [5, 5.41) is 9.13. The molecule has 0 atom stereocenters. The number of hydrogen-bond donors (Lipinski definition) is 1. The van der Waals surface area contributed by atoms with Crippen LogP contribution in [0.2, 0.25) is 0 Å². The van der Waals surface area contributed by atoms with Gasteiger partial charge in [0, 0.05) is 5.56 Å². The first-order valence-electron chi connectivity index (χ1n) is 5.64. The van der Waals surface area contributed by atoms with Crippen molar-refractivity contribution >= 4 is 5.97 Å². The van der Waals surface area contributed by atoms with Gasteiger partial charge in [-0.2, -0.15) is 0 Å². The second kappa shape index (κ2) is 5.06. The zero-order chi connectivity index (χ0) is 13.1. The van der Waals surface area contributed by atoms with Crippen LogP contribution in [0.4, 0.5) is 0 Å². The predicted octanol–water partition coefficient (Wildman–Crippen LogP) is 2.71. The van der Waals surface area contributed by atoms with E-state index in [0.717, 1.165) is 5.76 Å².